The van der Waals surface area contributed by atoms with Crippen molar-refractivity contribution in [2.75, 3.05) is 31.1 Å². The zero-order valence-corrected chi connectivity index (χ0v) is 8.33. The molecule has 0 amide bonds. The van der Waals surface area contributed by atoms with E-state index >= 15 is 0 Å². The molecular formula is C7H15ClO2S. The normalized spacial score (nSPS) is 13.4. The summed E-state index contributed by atoms with van der Waals surface area (Å²) in [5.41, 5.74) is 0. The molecule has 0 aliphatic rings. The third-order valence-electron chi connectivity index (χ3n) is 1.13. The van der Waals surface area contributed by atoms with Gasteiger partial charge in [0.15, 0.2) is 0 Å². The molecule has 0 aromatic rings. The van der Waals surface area contributed by atoms with Gasteiger partial charge in [-0.2, -0.15) is 11.8 Å². The Kier molecular flexibility index (Phi) is 9.10. The van der Waals surface area contributed by atoms with Crippen LogP contribution in [-0.2, 0) is 4.74 Å². The maximum Gasteiger partial charge on any atom is 0.0765 e. The minimum Gasteiger partial charge on any atom is -0.391 e. The highest BCUT2D eigenvalue weighted by molar-refractivity contribution is 7.99. The molecule has 0 heterocycles. The van der Waals surface area contributed by atoms with Gasteiger partial charge in [0.1, 0.15) is 0 Å². The molecule has 0 rings (SSSR count). The van der Waals surface area contributed by atoms with Crippen LogP contribution in [-0.4, -0.2) is 42.3 Å². The highest BCUT2D eigenvalue weighted by Crippen LogP contribution is 2.05. The Labute approximate surface area is 77.3 Å². The fraction of sp³-hybridized carbons (Fsp3) is 1.00. The molecule has 4 heteroatoms. The topological polar surface area (TPSA) is 29.5 Å². The average molecular weight is 199 g/mol. The van der Waals surface area contributed by atoms with Crippen LogP contribution in [0.3, 0.4) is 0 Å². The van der Waals surface area contributed by atoms with Crippen molar-refractivity contribution in [2.24, 2.45) is 0 Å². The second-order valence-corrected chi connectivity index (χ2v) is 3.69. The summed E-state index contributed by atoms with van der Waals surface area (Å²) in [6, 6.07) is 0. The number of hydrogen-bond acceptors (Lipinski definition) is 3. The Balaban J connectivity index is 2.89. The zero-order chi connectivity index (χ0) is 8.53. The van der Waals surface area contributed by atoms with Crippen molar-refractivity contribution in [1.29, 1.82) is 0 Å². The lowest BCUT2D eigenvalue weighted by atomic mass is 10.5. The van der Waals surface area contributed by atoms with E-state index in [9.17, 15) is 0 Å². The zero-order valence-electron chi connectivity index (χ0n) is 6.75. The highest BCUT2D eigenvalue weighted by Gasteiger charge is 2.00. The van der Waals surface area contributed by atoms with Crippen LogP contribution in [0.15, 0.2) is 0 Å². The van der Waals surface area contributed by atoms with Crippen LogP contribution in [0.1, 0.15) is 6.42 Å². The molecule has 0 saturated heterocycles. The van der Waals surface area contributed by atoms with E-state index in [1.165, 1.54) is 0 Å². The molecule has 2 nitrogen and oxygen atoms in total. The summed E-state index contributed by atoms with van der Waals surface area (Å²) >= 11 is 7.12. The second kappa shape index (κ2) is 8.65. The van der Waals surface area contributed by atoms with Crippen molar-refractivity contribution < 1.29 is 9.84 Å². The van der Waals surface area contributed by atoms with Crippen molar-refractivity contribution in [3.8, 4) is 0 Å². The fourth-order valence-electron chi connectivity index (χ4n) is 0.569. The number of aliphatic hydroxyl groups is 1. The van der Waals surface area contributed by atoms with Crippen molar-refractivity contribution in [3.05, 3.63) is 0 Å². The van der Waals surface area contributed by atoms with Gasteiger partial charge >= 0.3 is 0 Å². The summed E-state index contributed by atoms with van der Waals surface area (Å²) < 4.78 is 4.87. The van der Waals surface area contributed by atoms with Crippen molar-refractivity contribution in [2.45, 2.75) is 12.5 Å². The molecule has 0 aliphatic carbocycles. The average Bonchev–Trinajstić information content (AvgIpc) is 2.04. The minimum absolute atomic E-state index is 0.331. The molecule has 68 valence electrons. The second-order valence-electron chi connectivity index (χ2n) is 2.23. The molecule has 1 N–H and O–H groups in total. The number of hydrogen-bond donors (Lipinski definition) is 1. The number of halogens is 1. The first-order valence-electron chi connectivity index (χ1n) is 3.62. The standard InChI is InChI=1S/C7H15ClO2S/c1-10-3-2-4-11-6-7(9)5-8/h7,9H,2-6H2,1H3. The molecule has 0 radical (unpaired) electrons. The summed E-state index contributed by atoms with van der Waals surface area (Å²) in [6.45, 7) is 0.796. The van der Waals surface area contributed by atoms with Gasteiger partial charge in [0.05, 0.1) is 6.10 Å². The first kappa shape index (κ1) is 11.6. The van der Waals surface area contributed by atoms with E-state index in [4.69, 9.17) is 21.4 Å². The summed E-state index contributed by atoms with van der Waals surface area (Å²) in [7, 11) is 1.69. The Morgan fingerprint density at radius 2 is 2.36 bits per heavy atom. The van der Waals surface area contributed by atoms with Gasteiger partial charge in [-0.3, -0.25) is 0 Å². The highest BCUT2D eigenvalue weighted by atomic mass is 35.5. The van der Waals surface area contributed by atoms with E-state index in [2.05, 4.69) is 0 Å². The number of aliphatic hydroxyl groups excluding tert-OH is 1. The number of rotatable bonds is 7. The summed E-state index contributed by atoms with van der Waals surface area (Å²) in [4.78, 5) is 0. The van der Waals surface area contributed by atoms with Gasteiger partial charge in [-0.15, -0.1) is 11.6 Å². The predicted octanol–water partition coefficient (Wildman–Crippen LogP) is 1.36. The van der Waals surface area contributed by atoms with E-state index in [1.807, 2.05) is 0 Å². The van der Waals surface area contributed by atoms with Crippen LogP contribution in [0.4, 0.5) is 0 Å². The van der Waals surface area contributed by atoms with E-state index in [0.29, 0.717) is 5.88 Å². The van der Waals surface area contributed by atoms with Gasteiger partial charge in [-0.25, -0.2) is 0 Å². The number of ether oxygens (including phenoxy) is 1. The van der Waals surface area contributed by atoms with E-state index in [0.717, 1.165) is 24.5 Å². The Morgan fingerprint density at radius 3 is 2.91 bits per heavy atom. The van der Waals surface area contributed by atoms with Gasteiger partial charge < -0.3 is 9.84 Å². The molecular weight excluding hydrogens is 184 g/mol. The smallest absolute Gasteiger partial charge is 0.0765 e. The molecule has 0 aromatic heterocycles. The Bertz CT molecular complexity index is 82.8. The van der Waals surface area contributed by atoms with E-state index < -0.39 is 0 Å². The van der Waals surface area contributed by atoms with Crippen LogP contribution in [0.5, 0.6) is 0 Å². The maximum atomic E-state index is 9.03. The first-order chi connectivity index (χ1) is 5.31. The first-order valence-corrected chi connectivity index (χ1v) is 5.31. The van der Waals surface area contributed by atoms with Gasteiger partial charge in [-0.1, -0.05) is 0 Å². The van der Waals surface area contributed by atoms with Gasteiger partial charge in [0.25, 0.3) is 0 Å². The van der Waals surface area contributed by atoms with Crippen LogP contribution >= 0.6 is 23.4 Å². The number of methoxy groups -OCH3 is 1. The van der Waals surface area contributed by atoms with E-state index in [1.54, 1.807) is 18.9 Å². The van der Waals surface area contributed by atoms with Gasteiger partial charge in [0, 0.05) is 25.3 Å². The quantitative estimate of drug-likeness (QED) is 0.495. The van der Waals surface area contributed by atoms with Crippen molar-refractivity contribution in [3.63, 3.8) is 0 Å². The monoisotopic (exact) mass is 198 g/mol. The lowest BCUT2D eigenvalue weighted by Gasteiger charge is -2.05. The molecule has 0 spiro atoms. The van der Waals surface area contributed by atoms with Crippen LogP contribution in [0.25, 0.3) is 0 Å². The van der Waals surface area contributed by atoms with Crippen molar-refractivity contribution >= 4 is 23.4 Å². The Hall–Kier alpha value is 0.560. The van der Waals surface area contributed by atoms with Crippen LogP contribution < -0.4 is 0 Å². The molecule has 0 bridgehead atoms. The molecule has 0 aliphatic heterocycles. The van der Waals surface area contributed by atoms with Gasteiger partial charge in [-0.05, 0) is 12.2 Å². The predicted molar refractivity (Wildman–Crippen MR) is 50.5 cm³/mol. The molecule has 1 unspecified atom stereocenters. The summed E-state index contributed by atoms with van der Waals surface area (Å²) in [5.74, 6) is 2.09. The number of alkyl halides is 1. The van der Waals surface area contributed by atoms with Crippen LogP contribution in [0.2, 0.25) is 0 Å². The SMILES string of the molecule is COCCCSCC(O)CCl. The third-order valence-corrected chi connectivity index (χ3v) is 2.68. The molecule has 0 saturated carbocycles. The largest absolute Gasteiger partial charge is 0.391 e. The lowest BCUT2D eigenvalue weighted by molar-refractivity contribution is 0.200. The molecule has 0 aromatic carbocycles. The van der Waals surface area contributed by atoms with Crippen molar-refractivity contribution in [1.82, 2.24) is 0 Å². The summed E-state index contributed by atoms with van der Waals surface area (Å²) in [5, 5.41) is 9.03. The lowest BCUT2D eigenvalue weighted by Crippen LogP contribution is -2.11. The maximum absolute atomic E-state index is 9.03. The fourth-order valence-corrected chi connectivity index (χ4v) is 1.69. The van der Waals surface area contributed by atoms with Crippen LogP contribution in [0, 0.1) is 0 Å². The third kappa shape index (κ3) is 8.47. The van der Waals surface area contributed by atoms with E-state index in [-0.39, 0.29) is 6.10 Å². The van der Waals surface area contributed by atoms with Gasteiger partial charge in [0.2, 0.25) is 0 Å². The number of thioether (sulfide) groups is 1. The molecule has 1 atom stereocenters. The Morgan fingerprint density at radius 1 is 1.64 bits per heavy atom. The minimum atomic E-state index is -0.357. The molecule has 11 heavy (non-hydrogen) atoms. The summed E-state index contributed by atoms with van der Waals surface area (Å²) in [6.07, 6.45) is 0.681. The molecule has 0 fully saturated rings.